The number of aliphatic hydroxyl groups excluding tert-OH is 2. The van der Waals surface area contributed by atoms with Gasteiger partial charge in [-0.15, -0.1) is 0 Å². The van der Waals surface area contributed by atoms with E-state index in [1.807, 2.05) is 74.4 Å². The van der Waals surface area contributed by atoms with Crippen LogP contribution < -0.4 is 15.5 Å². The van der Waals surface area contributed by atoms with Gasteiger partial charge in [0.25, 0.3) is 5.91 Å². The lowest BCUT2D eigenvalue weighted by atomic mass is 9.52. The van der Waals surface area contributed by atoms with Gasteiger partial charge in [-0.25, -0.2) is 0 Å². The van der Waals surface area contributed by atoms with E-state index in [0.29, 0.717) is 41.0 Å². The number of nitrogens with zero attached hydrogens (tertiary/aromatic N) is 2. The molecule has 10 heteroatoms. The molecule has 8 atom stereocenters. The standard InChI is InChI=1S/C41H55ClN4O5/c1-24(34-16-25(2)41(34,5)6)22-43-39(49)37-36(27(4)47)40(50)51-46(37)23-32-18-29(14-15-35(32)42)30-19-31(21-33(20-30)45(7)8)38(48)44-26(3)17-28-12-10-9-11-13-28/h9-15,18-21,24-27,34,36-37,40,47,50H,16-17,22-23H2,1-8H3,(H,43,49)(H,44,48)/t24-,25+,26-,27+,34+,36+,37+,40?/m1/s1. The molecule has 0 radical (unpaired) electrons. The summed E-state index contributed by atoms with van der Waals surface area (Å²) in [7, 11) is 3.86. The Bertz CT molecular complexity index is 1680. The molecule has 0 aromatic heterocycles. The topological polar surface area (TPSA) is 114 Å². The molecule has 0 spiro atoms. The third-order valence-corrected chi connectivity index (χ3v) is 11.7. The molecular formula is C41H55ClN4O5. The molecule has 1 saturated heterocycles. The van der Waals surface area contributed by atoms with E-state index in [2.05, 4.69) is 50.5 Å². The molecule has 2 fully saturated rings. The summed E-state index contributed by atoms with van der Waals surface area (Å²) in [5.41, 5.74) is 5.07. The van der Waals surface area contributed by atoms with Crippen molar-refractivity contribution in [1.29, 1.82) is 0 Å². The maximum Gasteiger partial charge on any atom is 0.251 e. The molecule has 1 unspecified atom stereocenters. The van der Waals surface area contributed by atoms with E-state index >= 15 is 0 Å². The van der Waals surface area contributed by atoms with Gasteiger partial charge in [-0.1, -0.05) is 75.7 Å². The number of hydrogen-bond acceptors (Lipinski definition) is 7. The van der Waals surface area contributed by atoms with E-state index in [1.165, 1.54) is 5.06 Å². The number of anilines is 1. The molecule has 1 aliphatic heterocycles. The van der Waals surface area contributed by atoms with Crippen LogP contribution in [0, 0.1) is 29.1 Å². The number of carbonyl (C=O) groups is 2. The number of nitrogens with one attached hydrogen (secondary N) is 2. The average molecular weight is 719 g/mol. The number of benzene rings is 3. The second-order valence-corrected chi connectivity index (χ2v) is 16.1. The zero-order valence-electron chi connectivity index (χ0n) is 31.2. The van der Waals surface area contributed by atoms with Crippen LogP contribution in [0.4, 0.5) is 5.69 Å². The monoisotopic (exact) mass is 718 g/mol. The molecule has 4 N–H and O–H groups in total. The van der Waals surface area contributed by atoms with Crippen molar-refractivity contribution in [2.24, 2.45) is 29.1 Å². The van der Waals surface area contributed by atoms with Crippen LogP contribution in [-0.2, 0) is 22.6 Å². The summed E-state index contributed by atoms with van der Waals surface area (Å²) in [6, 6.07) is 20.4. The minimum Gasteiger partial charge on any atom is -0.393 e. The van der Waals surface area contributed by atoms with Gasteiger partial charge in [0.2, 0.25) is 5.91 Å². The van der Waals surface area contributed by atoms with Crippen molar-refractivity contribution in [2.45, 2.75) is 85.4 Å². The summed E-state index contributed by atoms with van der Waals surface area (Å²) in [5.74, 6) is 0.0759. The first-order chi connectivity index (χ1) is 24.1. The molecule has 2 amide bonds. The van der Waals surface area contributed by atoms with Gasteiger partial charge in [0.05, 0.1) is 18.6 Å². The van der Waals surface area contributed by atoms with Crippen molar-refractivity contribution in [1.82, 2.24) is 15.7 Å². The molecule has 9 nitrogen and oxygen atoms in total. The van der Waals surface area contributed by atoms with Gasteiger partial charge in [0.15, 0.2) is 6.29 Å². The first kappa shape index (κ1) is 38.8. The number of halogens is 1. The Kier molecular flexibility index (Phi) is 12.2. The first-order valence-electron chi connectivity index (χ1n) is 18.1. The van der Waals surface area contributed by atoms with Crippen LogP contribution in [0.25, 0.3) is 11.1 Å². The van der Waals surface area contributed by atoms with Gasteiger partial charge in [0, 0.05) is 43.0 Å². The van der Waals surface area contributed by atoms with E-state index in [-0.39, 0.29) is 35.7 Å². The SMILES string of the molecule is C[C@H](Cc1ccccc1)NC(=O)c1cc(-c2ccc(Cl)c(CN3OC(O)[C@@H]([C@H](C)O)[C@H]3C(=O)NC[C@@H](C)[C@@H]3C[C@H](C)C3(C)C)c2)cc(N(C)C)c1. The largest absolute Gasteiger partial charge is 0.393 e. The predicted octanol–water partition coefficient (Wildman–Crippen LogP) is 6.30. The van der Waals surface area contributed by atoms with Crippen molar-refractivity contribution in [3.8, 4) is 11.1 Å². The lowest BCUT2D eigenvalue weighted by molar-refractivity contribution is -0.231. The molecule has 1 heterocycles. The second-order valence-electron chi connectivity index (χ2n) is 15.7. The number of amides is 2. The lowest BCUT2D eigenvalue weighted by Gasteiger charge is -2.53. The summed E-state index contributed by atoms with van der Waals surface area (Å²) in [4.78, 5) is 35.1. The lowest BCUT2D eigenvalue weighted by Crippen LogP contribution is -2.52. The summed E-state index contributed by atoms with van der Waals surface area (Å²) in [5, 5.41) is 29.7. The van der Waals surface area contributed by atoms with Gasteiger partial charge in [0.1, 0.15) is 6.04 Å². The third kappa shape index (κ3) is 8.78. The molecular weight excluding hydrogens is 664 g/mol. The van der Waals surface area contributed by atoms with Crippen LogP contribution in [0.3, 0.4) is 0 Å². The number of aliphatic hydroxyl groups is 2. The summed E-state index contributed by atoms with van der Waals surface area (Å²) >= 11 is 6.74. The number of carbonyl (C=O) groups excluding carboxylic acids is 2. The van der Waals surface area contributed by atoms with Crippen LogP contribution in [0.2, 0.25) is 5.02 Å². The van der Waals surface area contributed by atoms with Gasteiger partial charge >= 0.3 is 0 Å². The van der Waals surface area contributed by atoms with Crippen LogP contribution in [-0.4, -0.2) is 72.2 Å². The summed E-state index contributed by atoms with van der Waals surface area (Å²) < 4.78 is 0. The van der Waals surface area contributed by atoms with Crippen molar-refractivity contribution < 1.29 is 24.6 Å². The third-order valence-electron chi connectivity index (χ3n) is 11.4. The Hall–Kier alpha value is -3.47. The molecule has 1 saturated carbocycles. The highest BCUT2D eigenvalue weighted by atomic mass is 35.5. The maximum atomic E-state index is 13.8. The minimum absolute atomic E-state index is 0.0723. The Labute approximate surface area is 308 Å². The van der Waals surface area contributed by atoms with E-state index in [1.54, 1.807) is 13.0 Å². The number of hydrogen-bond donors (Lipinski definition) is 4. The van der Waals surface area contributed by atoms with Crippen LogP contribution in [0.15, 0.2) is 66.7 Å². The Morgan fingerprint density at radius 1 is 1.04 bits per heavy atom. The van der Waals surface area contributed by atoms with Crippen LogP contribution in [0.1, 0.15) is 69.4 Å². The zero-order chi connectivity index (χ0) is 37.2. The minimum atomic E-state index is -1.37. The fourth-order valence-electron chi connectivity index (χ4n) is 7.77. The molecule has 51 heavy (non-hydrogen) atoms. The fraction of sp³-hybridized carbons (Fsp3) is 0.512. The highest BCUT2D eigenvalue weighted by Crippen LogP contribution is 2.54. The average Bonchev–Trinajstić information content (AvgIpc) is 3.42. The highest BCUT2D eigenvalue weighted by molar-refractivity contribution is 6.31. The zero-order valence-corrected chi connectivity index (χ0v) is 31.9. The van der Waals surface area contributed by atoms with Gasteiger partial charge in [-0.3, -0.25) is 14.4 Å². The van der Waals surface area contributed by atoms with Gasteiger partial charge < -0.3 is 25.7 Å². The Morgan fingerprint density at radius 2 is 1.75 bits per heavy atom. The van der Waals surface area contributed by atoms with E-state index < -0.39 is 24.4 Å². The molecule has 1 aliphatic carbocycles. The fourth-order valence-corrected chi connectivity index (χ4v) is 7.95. The van der Waals surface area contributed by atoms with Crippen LogP contribution >= 0.6 is 11.6 Å². The summed E-state index contributed by atoms with van der Waals surface area (Å²) in [6.45, 7) is 13.1. The molecule has 3 aromatic rings. The molecule has 0 bridgehead atoms. The van der Waals surface area contributed by atoms with Gasteiger partial charge in [-0.05, 0) is 102 Å². The molecule has 276 valence electrons. The van der Waals surface area contributed by atoms with Crippen molar-refractivity contribution >= 4 is 29.1 Å². The predicted molar refractivity (Wildman–Crippen MR) is 203 cm³/mol. The summed E-state index contributed by atoms with van der Waals surface area (Å²) in [6.07, 6.45) is -0.523. The van der Waals surface area contributed by atoms with Gasteiger partial charge in [-0.2, -0.15) is 5.06 Å². The normalized spacial score (nSPS) is 24.6. The van der Waals surface area contributed by atoms with E-state index in [9.17, 15) is 19.8 Å². The molecule has 2 aliphatic rings. The molecule has 5 rings (SSSR count). The highest BCUT2D eigenvalue weighted by Gasteiger charge is 2.50. The number of rotatable bonds is 13. The smallest absolute Gasteiger partial charge is 0.251 e. The second kappa shape index (κ2) is 16.0. The number of hydroxylamine groups is 2. The van der Waals surface area contributed by atoms with Crippen molar-refractivity contribution in [3.05, 3.63) is 88.4 Å². The maximum absolute atomic E-state index is 13.8. The molecule has 3 aromatic carbocycles. The first-order valence-corrected chi connectivity index (χ1v) is 18.5. The Morgan fingerprint density at radius 3 is 2.37 bits per heavy atom. The van der Waals surface area contributed by atoms with Crippen LogP contribution in [0.5, 0.6) is 0 Å². The van der Waals surface area contributed by atoms with Crippen molar-refractivity contribution in [3.63, 3.8) is 0 Å². The Balaban J connectivity index is 1.36. The van der Waals surface area contributed by atoms with E-state index in [4.69, 9.17) is 16.4 Å². The van der Waals surface area contributed by atoms with Crippen molar-refractivity contribution in [2.75, 3.05) is 25.5 Å². The van der Waals surface area contributed by atoms with E-state index in [0.717, 1.165) is 28.8 Å². The quantitative estimate of drug-likeness (QED) is 0.164.